The Kier molecular flexibility index (Phi) is 5.00. The van der Waals surface area contributed by atoms with E-state index >= 15 is 0 Å². The van der Waals surface area contributed by atoms with Crippen molar-refractivity contribution in [3.8, 4) is 5.75 Å². The lowest BCUT2D eigenvalue weighted by Gasteiger charge is -2.32. The Morgan fingerprint density at radius 3 is 1.95 bits per heavy atom. The lowest BCUT2D eigenvalue weighted by atomic mass is 9.93. The van der Waals surface area contributed by atoms with E-state index in [1.807, 2.05) is 25.6 Å². The van der Waals surface area contributed by atoms with Gasteiger partial charge < -0.3 is 5.11 Å². The summed E-state index contributed by atoms with van der Waals surface area (Å²) < 4.78 is 0.0944. The van der Waals surface area contributed by atoms with Crippen LogP contribution < -0.4 is 0 Å². The molecule has 2 heteroatoms. The molecule has 0 aliphatic heterocycles. The van der Waals surface area contributed by atoms with Crippen molar-refractivity contribution in [2.45, 2.75) is 50.2 Å². The van der Waals surface area contributed by atoms with Gasteiger partial charge in [-0.3, -0.25) is 0 Å². The summed E-state index contributed by atoms with van der Waals surface area (Å²) in [4.78, 5) is 1.23. The van der Waals surface area contributed by atoms with Crippen molar-refractivity contribution in [2.24, 2.45) is 0 Å². The van der Waals surface area contributed by atoms with E-state index in [9.17, 15) is 5.11 Å². The third-order valence-electron chi connectivity index (χ3n) is 4.22. The van der Waals surface area contributed by atoms with Gasteiger partial charge in [0.05, 0.1) is 0 Å². The van der Waals surface area contributed by atoms with Crippen molar-refractivity contribution in [2.75, 3.05) is 0 Å². The summed E-state index contributed by atoms with van der Waals surface area (Å²) in [5.41, 5.74) is 3.28. The first kappa shape index (κ1) is 16.0. The first-order chi connectivity index (χ1) is 10.0. The summed E-state index contributed by atoms with van der Waals surface area (Å²) in [5.74, 6) is 0.414. The maximum absolute atomic E-state index is 9.95. The van der Waals surface area contributed by atoms with E-state index in [0.29, 0.717) is 5.75 Å². The van der Waals surface area contributed by atoms with Crippen molar-refractivity contribution in [3.05, 3.63) is 59.2 Å². The zero-order valence-electron chi connectivity index (χ0n) is 13.3. The van der Waals surface area contributed by atoms with Gasteiger partial charge in [-0.1, -0.05) is 44.2 Å². The summed E-state index contributed by atoms with van der Waals surface area (Å²) >= 11 is 1.92. The molecule has 1 N–H and O–H groups in total. The second-order valence-corrected chi connectivity index (χ2v) is 7.03. The number of aromatic hydroxyl groups is 1. The fourth-order valence-electron chi connectivity index (χ4n) is 2.80. The Morgan fingerprint density at radius 1 is 0.952 bits per heavy atom. The molecule has 0 fully saturated rings. The van der Waals surface area contributed by atoms with Gasteiger partial charge in [-0.25, -0.2) is 0 Å². The molecular formula is C19H24OS. The SMILES string of the molecule is CCC(CC)(Sc1cc(C)c(O)c(C)c1)c1ccccc1. The van der Waals surface area contributed by atoms with Crippen molar-refractivity contribution in [3.63, 3.8) is 0 Å². The number of phenols is 1. The first-order valence-corrected chi connectivity index (χ1v) is 8.39. The molecular weight excluding hydrogens is 276 g/mol. The van der Waals surface area contributed by atoms with Gasteiger partial charge in [-0.2, -0.15) is 0 Å². The molecule has 112 valence electrons. The fourth-order valence-corrected chi connectivity index (χ4v) is 4.27. The Morgan fingerprint density at radius 2 is 1.48 bits per heavy atom. The molecule has 0 saturated heterocycles. The minimum atomic E-state index is 0.0944. The Bertz CT molecular complexity index is 577. The van der Waals surface area contributed by atoms with Gasteiger partial charge in [0.1, 0.15) is 5.75 Å². The predicted octanol–water partition coefficient (Wildman–Crippen LogP) is 5.82. The fraction of sp³-hybridized carbons (Fsp3) is 0.368. The van der Waals surface area contributed by atoms with Crippen molar-refractivity contribution in [1.82, 2.24) is 0 Å². The van der Waals surface area contributed by atoms with Crippen molar-refractivity contribution >= 4 is 11.8 Å². The van der Waals surface area contributed by atoms with Crippen LogP contribution in [0.25, 0.3) is 0 Å². The lowest BCUT2D eigenvalue weighted by Crippen LogP contribution is -2.19. The molecule has 0 spiro atoms. The molecule has 0 radical (unpaired) electrons. The van der Waals surface area contributed by atoms with Crippen LogP contribution in [0.15, 0.2) is 47.4 Å². The minimum Gasteiger partial charge on any atom is -0.507 e. The highest BCUT2D eigenvalue weighted by molar-refractivity contribution is 8.00. The third-order valence-corrected chi connectivity index (χ3v) is 5.90. The van der Waals surface area contributed by atoms with Gasteiger partial charge in [0.2, 0.25) is 0 Å². The number of aryl methyl sites for hydroxylation is 2. The zero-order valence-corrected chi connectivity index (χ0v) is 14.1. The van der Waals surface area contributed by atoms with Gasteiger partial charge in [-0.15, -0.1) is 11.8 Å². The first-order valence-electron chi connectivity index (χ1n) is 7.57. The number of hydrogen-bond acceptors (Lipinski definition) is 2. The lowest BCUT2D eigenvalue weighted by molar-refractivity contribution is 0.466. The number of rotatable bonds is 5. The number of thioether (sulfide) groups is 1. The zero-order chi connectivity index (χ0) is 15.5. The second kappa shape index (κ2) is 6.57. The maximum atomic E-state index is 9.95. The molecule has 0 saturated carbocycles. The monoisotopic (exact) mass is 300 g/mol. The van der Waals surface area contributed by atoms with Crippen LogP contribution in [0.5, 0.6) is 5.75 Å². The average molecular weight is 300 g/mol. The molecule has 21 heavy (non-hydrogen) atoms. The maximum Gasteiger partial charge on any atom is 0.121 e. The standard InChI is InChI=1S/C19H24OS/c1-5-19(6-2,16-10-8-7-9-11-16)21-17-12-14(3)18(20)15(4)13-17/h7-13,20H,5-6H2,1-4H3. The van der Waals surface area contributed by atoms with E-state index in [1.165, 1.54) is 10.5 Å². The third kappa shape index (κ3) is 3.26. The smallest absolute Gasteiger partial charge is 0.121 e. The van der Waals surface area contributed by atoms with E-state index in [1.54, 1.807) is 0 Å². The highest BCUT2D eigenvalue weighted by Gasteiger charge is 2.29. The molecule has 0 aromatic heterocycles. The number of benzene rings is 2. The van der Waals surface area contributed by atoms with Crippen LogP contribution in [0.4, 0.5) is 0 Å². The Labute approximate surface area is 132 Å². The molecule has 0 unspecified atom stereocenters. The molecule has 0 aliphatic rings. The van der Waals surface area contributed by atoms with E-state index < -0.39 is 0 Å². The van der Waals surface area contributed by atoms with E-state index in [4.69, 9.17) is 0 Å². The van der Waals surface area contributed by atoms with Crippen LogP contribution in [-0.2, 0) is 4.75 Å². The number of hydrogen-bond donors (Lipinski definition) is 1. The van der Waals surface area contributed by atoms with Crippen molar-refractivity contribution in [1.29, 1.82) is 0 Å². The number of phenolic OH excluding ortho intramolecular Hbond substituents is 1. The van der Waals surface area contributed by atoms with Crippen LogP contribution in [0.3, 0.4) is 0 Å². The summed E-state index contributed by atoms with van der Waals surface area (Å²) in [6.07, 6.45) is 2.16. The normalized spacial score (nSPS) is 11.6. The quantitative estimate of drug-likeness (QED) is 0.702. The van der Waals surface area contributed by atoms with Crippen LogP contribution in [0.2, 0.25) is 0 Å². The highest BCUT2D eigenvalue weighted by atomic mass is 32.2. The Balaban J connectivity index is 2.41. The molecule has 2 aromatic rings. The van der Waals surface area contributed by atoms with Gasteiger partial charge in [0, 0.05) is 9.64 Å². The van der Waals surface area contributed by atoms with E-state index in [2.05, 4.69) is 56.3 Å². The highest BCUT2D eigenvalue weighted by Crippen LogP contribution is 2.47. The molecule has 0 bridgehead atoms. The summed E-state index contributed by atoms with van der Waals surface area (Å²) in [5, 5.41) is 9.95. The summed E-state index contributed by atoms with van der Waals surface area (Å²) in [6.45, 7) is 8.44. The molecule has 0 heterocycles. The van der Waals surface area contributed by atoms with E-state index in [0.717, 1.165) is 24.0 Å². The molecule has 0 amide bonds. The largest absolute Gasteiger partial charge is 0.507 e. The molecule has 2 aromatic carbocycles. The summed E-state index contributed by atoms with van der Waals surface area (Å²) in [7, 11) is 0. The molecule has 1 nitrogen and oxygen atoms in total. The van der Waals surface area contributed by atoms with Gasteiger partial charge >= 0.3 is 0 Å². The van der Waals surface area contributed by atoms with Crippen LogP contribution >= 0.6 is 11.8 Å². The average Bonchev–Trinajstić information content (AvgIpc) is 2.51. The molecule has 0 aliphatic carbocycles. The predicted molar refractivity (Wildman–Crippen MR) is 92.1 cm³/mol. The van der Waals surface area contributed by atoms with Gasteiger partial charge in [-0.05, 0) is 55.5 Å². The van der Waals surface area contributed by atoms with Crippen molar-refractivity contribution < 1.29 is 5.11 Å². The molecule has 0 atom stereocenters. The van der Waals surface area contributed by atoms with Crippen LogP contribution in [0, 0.1) is 13.8 Å². The van der Waals surface area contributed by atoms with Crippen LogP contribution in [0.1, 0.15) is 43.4 Å². The topological polar surface area (TPSA) is 20.2 Å². The summed E-state index contributed by atoms with van der Waals surface area (Å²) in [6, 6.07) is 14.9. The van der Waals surface area contributed by atoms with Gasteiger partial charge in [0.15, 0.2) is 0 Å². The molecule has 2 rings (SSSR count). The van der Waals surface area contributed by atoms with E-state index in [-0.39, 0.29) is 4.75 Å². The van der Waals surface area contributed by atoms with Crippen LogP contribution in [-0.4, -0.2) is 5.11 Å². The second-order valence-electron chi connectivity index (χ2n) is 5.58. The van der Waals surface area contributed by atoms with Gasteiger partial charge in [0.25, 0.3) is 0 Å². The Hall–Kier alpha value is -1.41. The minimum absolute atomic E-state index is 0.0944.